The molecule has 1 unspecified atom stereocenters. The second kappa shape index (κ2) is 14.8. The van der Waals surface area contributed by atoms with Crippen molar-refractivity contribution >= 4 is 0 Å². The zero-order chi connectivity index (χ0) is 19.2. The molecule has 4 nitrogen and oxygen atoms in total. The third-order valence-electron chi connectivity index (χ3n) is 5.52. The summed E-state index contributed by atoms with van der Waals surface area (Å²) in [6.45, 7) is 6.36. The maximum Gasteiger partial charge on any atom is 0.112 e. The summed E-state index contributed by atoms with van der Waals surface area (Å²) in [6.07, 6.45) is 15.3. The van der Waals surface area contributed by atoms with Gasteiger partial charge in [0.15, 0.2) is 0 Å². The minimum Gasteiger partial charge on any atom is -0.391 e. The standard InChI is InChI=1S/C22H44O4/c1-4-5-6-7-8-9-10-11-12-13-14-15-16-18(2)26-20-17-25-22(19(3)23)21(20)24/h18-24H,4-17H2,1-3H3/t18?,19-,20+,21-,22-/m1/s1. The van der Waals surface area contributed by atoms with Crippen LogP contribution in [0.4, 0.5) is 0 Å². The first-order chi connectivity index (χ1) is 12.6. The molecule has 1 fully saturated rings. The van der Waals surface area contributed by atoms with Gasteiger partial charge in [-0.05, 0) is 20.3 Å². The van der Waals surface area contributed by atoms with Crippen LogP contribution < -0.4 is 0 Å². The van der Waals surface area contributed by atoms with Gasteiger partial charge < -0.3 is 19.7 Å². The van der Waals surface area contributed by atoms with E-state index in [0.717, 1.165) is 6.42 Å². The molecule has 0 aromatic rings. The van der Waals surface area contributed by atoms with Crippen molar-refractivity contribution in [3.63, 3.8) is 0 Å². The molecule has 1 aliphatic rings. The summed E-state index contributed by atoms with van der Waals surface area (Å²) in [5, 5.41) is 19.7. The van der Waals surface area contributed by atoms with Crippen LogP contribution in [0.1, 0.15) is 104 Å². The molecule has 1 rings (SSSR count). The summed E-state index contributed by atoms with van der Waals surface area (Å²) >= 11 is 0. The van der Waals surface area contributed by atoms with Gasteiger partial charge in [0.1, 0.15) is 18.3 Å². The van der Waals surface area contributed by atoms with Gasteiger partial charge in [0.05, 0.1) is 18.8 Å². The second-order valence-corrected chi connectivity index (χ2v) is 8.19. The summed E-state index contributed by atoms with van der Waals surface area (Å²) in [6, 6.07) is 0. The Bertz CT molecular complexity index is 321. The molecule has 156 valence electrons. The number of hydrogen-bond donors (Lipinski definition) is 2. The summed E-state index contributed by atoms with van der Waals surface area (Å²) in [4.78, 5) is 0. The first kappa shape index (κ1) is 23.9. The van der Waals surface area contributed by atoms with Crippen molar-refractivity contribution in [3.05, 3.63) is 0 Å². The van der Waals surface area contributed by atoms with Gasteiger partial charge in [-0.15, -0.1) is 0 Å². The van der Waals surface area contributed by atoms with Crippen molar-refractivity contribution in [1.82, 2.24) is 0 Å². The maximum absolute atomic E-state index is 10.1. The van der Waals surface area contributed by atoms with E-state index in [-0.39, 0.29) is 12.2 Å². The molecule has 0 aliphatic carbocycles. The molecular formula is C22H44O4. The van der Waals surface area contributed by atoms with Crippen LogP contribution in [0.25, 0.3) is 0 Å². The highest BCUT2D eigenvalue weighted by atomic mass is 16.6. The Balaban J connectivity index is 1.90. The Morgan fingerprint density at radius 1 is 0.885 bits per heavy atom. The van der Waals surface area contributed by atoms with Crippen molar-refractivity contribution in [3.8, 4) is 0 Å². The van der Waals surface area contributed by atoms with E-state index in [4.69, 9.17) is 9.47 Å². The minimum absolute atomic E-state index is 0.133. The molecule has 4 heteroatoms. The Hall–Kier alpha value is -0.160. The molecule has 2 N–H and O–H groups in total. The lowest BCUT2D eigenvalue weighted by atomic mass is 10.0. The lowest BCUT2D eigenvalue weighted by Gasteiger charge is -2.22. The number of rotatable bonds is 16. The normalized spacial score (nSPS) is 25.5. The van der Waals surface area contributed by atoms with Gasteiger partial charge in [-0.3, -0.25) is 0 Å². The summed E-state index contributed by atoms with van der Waals surface area (Å²) in [7, 11) is 0. The third kappa shape index (κ3) is 10.2. The fourth-order valence-corrected chi connectivity index (χ4v) is 3.80. The van der Waals surface area contributed by atoms with Crippen LogP contribution >= 0.6 is 0 Å². The number of aliphatic hydroxyl groups excluding tert-OH is 2. The topological polar surface area (TPSA) is 58.9 Å². The zero-order valence-corrected chi connectivity index (χ0v) is 17.5. The minimum atomic E-state index is -0.723. The Morgan fingerprint density at radius 2 is 1.38 bits per heavy atom. The summed E-state index contributed by atoms with van der Waals surface area (Å²) < 4.78 is 11.3. The predicted octanol–water partition coefficient (Wildman–Crippen LogP) is 4.99. The van der Waals surface area contributed by atoms with Crippen molar-refractivity contribution in [2.24, 2.45) is 0 Å². The van der Waals surface area contributed by atoms with E-state index in [0.29, 0.717) is 6.61 Å². The molecule has 0 spiro atoms. The quantitative estimate of drug-likeness (QED) is 0.375. The molecule has 0 bridgehead atoms. The largest absolute Gasteiger partial charge is 0.391 e. The third-order valence-corrected chi connectivity index (χ3v) is 5.52. The highest BCUT2D eigenvalue weighted by molar-refractivity contribution is 4.87. The van der Waals surface area contributed by atoms with E-state index in [1.165, 1.54) is 77.0 Å². The summed E-state index contributed by atoms with van der Waals surface area (Å²) in [5.41, 5.74) is 0. The molecule has 0 aromatic heterocycles. The average Bonchev–Trinajstić information content (AvgIpc) is 2.96. The van der Waals surface area contributed by atoms with E-state index in [1.807, 2.05) is 0 Å². The molecule has 26 heavy (non-hydrogen) atoms. The van der Waals surface area contributed by atoms with Crippen LogP contribution in [0.2, 0.25) is 0 Å². The van der Waals surface area contributed by atoms with Gasteiger partial charge in [-0.1, -0.05) is 84.0 Å². The monoisotopic (exact) mass is 372 g/mol. The smallest absolute Gasteiger partial charge is 0.112 e. The first-order valence-corrected chi connectivity index (χ1v) is 11.2. The fourth-order valence-electron chi connectivity index (χ4n) is 3.80. The SMILES string of the molecule is CCCCCCCCCCCCCCC(C)O[C@H]1CO[C@H]([C@@H](C)O)[C@@H]1O. The number of aliphatic hydroxyl groups is 2. The van der Waals surface area contributed by atoms with Gasteiger partial charge in [0.2, 0.25) is 0 Å². The first-order valence-electron chi connectivity index (χ1n) is 11.2. The van der Waals surface area contributed by atoms with E-state index in [1.54, 1.807) is 6.92 Å². The number of unbranched alkanes of at least 4 members (excludes halogenated alkanes) is 11. The second-order valence-electron chi connectivity index (χ2n) is 8.19. The van der Waals surface area contributed by atoms with Crippen LogP contribution in [-0.2, 0) is 9.47 Å². The predicted molar refractivity (Wildman–Crippen MR) is 107 cm³/mol. The zero-order valence-electron chi connectivity index (χ0n) is 17.5. The molecular weight excluding hydrogens is 328 g/mol. The number of ether oxygens (including phenoxy) is 2. The van der Waals surface area contributed by atoms with Gasteiger partial charge in [0, 0.05) is 0 Å². The Morgan fingerprint density at radius 3 is 1.85 bits per heavy atom. The van der Waals surface area contributed by atoms with Crippen LogP contribution in [0.15, 0.2) is 0 Å². The van der Waals surface area contributed by atoms with Crippen LogP contribution in [-0.4, -0.2) is 47.3 Å². The molecule has 1 saturated heterocycles. The highest BCUT2D eigenvalue weighted by Gasteiger charge is 2.39. The van der Waals surface area contributed by atoms with Crippen molar-refractivity contribution in [2.75, 3.05) is 6.61 Å². The van der Waals surface area contributed by atoms with E-state index < -0.39 is 18.3 Å². The lowest BCUT2D eigenvalue weighted by Crippen LogP contribution is -2.39. The van der Waals surface area contributed by atoms with Crippen molar-refractivity contribution in [1.29, 1.82) is 0 Å². The molecule has 0 amide bonds. The van der Waals surface area contributed by atoms with E-state index in [9.17, 15) is 10.2 Å². The summed E-state index contributed by atoms with van der Waals surface area (Å²) in [5.74, 6) is 0. The van der Waals surface area contributed by atoms with Crippen LogP contribution in [0, 0.1) is 0 Å². The Kier molecular flexibility index (Phi) is 13.6. The highest BCUT2D eigenvalue weighted by Crippen LogP contribution is 2.22. The van der Waals surface area contributed by atoms with Gasteiger partial charge in [0.25, 0.3) is 0 Å². The van der Waals surface area contributed by atoms with Crippen LogP contribution in [0.5, 0.6) is 0 Å². The molecule has 1 aliphatic heterocycles. The van der Waals surface area contributed by atoms with Crippen molar-refractivity contribution in [2.45, 2.75) is 135 Å². The van der Waals surface area contributed by atoms with Gasteiger partial charge in [-0.25, -0.2) is 0 Å². The fraction of sp³-hybridized carbons (Fsp3) is 1.00. The Labute approximate surface area is 161 Å². The molecule has 0 aromatic carbocycles. The lowest BCUT2D eigenvalue weighted by molar-refractivity contribution is -0.0687. The molecule has 1 heterocycles. The van der Waals surface area contributed by atoms with Crippen LogP contribution in [0.3, 0.4) is 0 Å². The van der Waals surface area contributed by atoms with E-state index in [2.05, 4.69) is 13.8 Å². The number of hydrogen-bond acceptors (Lipinski definition) is 4. The molecule has 0 saturated carbocycles. The van der Waals surface area contributed by atoms with Gasteiger partial charge >= 0.3 is 0 Å². The molecule has 5 atom stereocenters. The maximum atomic E-state index is 10.1. The van der Waals surface area contributed by atoms with Crippen molar-refractivity contribution < 1.29 is 19.7 Å². The average molecular weight is 373 g/mol. The van der Waals surface area contributed by atoms with E-state index >= 15 is 0 Å². The van der Waals surface area contributed by atoms with Gasteiger partial charge in [-0.2, -0.15) is 0 Å². The molecule has 0 radical (unpaired) electrons.